The van der Waals surface area contributed by atoms with Crippen molar-refractivity contribution < 1.29 is 4.74 Å². The fraction of sp³-hybridized carbons (Fsp3) is 0.292. The lowest BCUT2D eigenvalue weighted by atomic mass is 9.98. The van der Waals surface area contributed by atoms with Gasteiger partial charge in [0.25, 0.3) is 0 Å². The van der Waals surface area contributed by atoms with Gasteiger partial charge in [0.15, 0.2) is 0 Å². The van der Waals surface area contributed by atoms with Crippen molar-refractivity contribution in [3.63, 3.8) is 0 Å². The molecule has 1 aliphatic rings. The van der Waals surface area contributed by atoms with E-state index in [9.17, 15) is 0 Å². The van der Waals surface area contributed by atoms with Crippen molar-refractivity contribution >= 4 is 34.3 Å². The molecule has 8 heteroatoms. The minimum atomic E-state index is 0.443. The van der Waals surface area contributed by atoms with Gasteiger partial charge >= 0.3 is 0 Å². The van der Waals surface area contributed by atoms with Crippen LogP contribution in [-0.4, -0.2) is 46.1 Å². The van der Waals surface area contributed by atoms with Gasteiger partial charge in [0, 0.05) is 36.1 Å². The van der Waals surface area contributed by atoms with Crippen LogP contribution in [0.2, 0.25) is 5.02 Å². The summed E-state index contributed by atoms with van der Waals surface area (Å²) < 4.78 is 7.42. The minimum Gasteiger partial charge on any atom is -0.383 e. The van der Waals surface area contributed by atoms with Crippen LogP contribution in [0.3, 0.4) is 0 Å². The van der Waals surface area contributed by atoms with E-state index in [-0.39, 0.29) is 0 Å². The molecule has 1 fully saturated rings. The Bertz CT molecular complexity index is 1280. The molecule has 3 heterocycles. The number of halogens is 1. The quantitative estimate of drug-likeness (QED) is 0.500. The fourth-order valence-corrected chi connectivity index (χ4v) is 4.35. The Kier molecular flexibility index (Phi) is 5.45. The Morgan fingerprint density at radius 1 is 1.03 bits per heavy atom. The van der Waals surface area contributed by atoms with E-state index in [1.165, 1.54) is 0 Å². The number of anilines is 2. The second-order valence-corrected chi connectivity index (χ2v) is 8.33. The maximum absolute atomic E-state index is 6.54. The van der Waals surface area contributed by atoms with Gasteiger partial charge < -0.3 is 15.4 Å². The van der Waals surface area contributed by atoms with E-state index in [1.54, 1.807) is 0 Å². The minimum absolute atomic E-state index is 0.443. The molecule has 7 nitrogen and oxygen atoms in total. The Hall–Kier alpha value is -3.16. The zero-order chi connectivity index (χ0) is 22.2. The van der Waals surface area contributed by atoms with Crippen molar-refractivity contribution in [1.82, 2.24) is 19.7 Å². The van der Waals surface area contributed by atoms with E-state index in [2.05, 4.69) is 40.1 Å². The number of fused-ring (bicyclic) bond motifs is 1. The van der Waals surface area contributed by atoms with Gasteiger partial charge in [0.2, 0.25) is 5.95 Å². The zero-order valence-corrected chi connectivity index (χ0v) is 18.9. The SMILES string of the molecule is CCc1nn(C)c2cc(-c3nc(N4CCOCC4)nc(N)c3-c3ccc(Cl)cc3)ccc12. The predicted octanol–water partition coefficient (Wildman–Crippen LogP) is 4.33. The number of ether oxygens (including phenoxy) is 1. The zero-order valence-electron chi connectivity index (χ0n) is 18.2. The summed E-state index contributed by atoms with van der Waals surface area (Å²) in [6.45, 7) is 4.89. The van der Waals surface area contributed by atoms with Gasteiger partial charge in [-0.3, -0.25) is 4.68 Å². The first-order valence-corrected chi connectivity index (χ1v) is 11.1. The lowest BCUT2D eigenvalue weighted by molar-refractivity contribution is 0.122. The Morgan fingerprint density at radius 2 is 1.75 bits per heavy atom. The van der Waals surface area contributed by atoms with Crippen molar-refractivity contribution in [2.75, 3.05) is 36.9 Å². The van der Waals surface area contributed by atoms with Gasteiger partial charge in [-0.2, -0.15) is 10.1 Å². The van der Waals surface area contributed by atoms with Crippen molar-refractivity contribution in [3.8, 4) is 22.4 Å². The summed E-state index contributed by atoms with van der Waals surface area (Å²) in [7, 11) is 1.97. The number of nitrogens with two attached hydrogens (primary N) is 1. The summed E-state index contributed by atoms with van der Waals surface area (Å²) in [6, 6.07) is 14.0. The van der Waals surface area contributed by atoms with Crippen LogP contribution in [0.4, 0.5) is 11.8 Å². The molecule has 4 aromatic rings. The molecule has 0 bridgehead atoms. The van der Waals surface area contributed by atoms with Gasteiger partial charge in [-0.05, 0) is 30.2 Å². The van der Waals surface area contributed by atoms with Crippen LogP contribution in [0.25, 0.3) is 33.3 Å². The number of nitrogen functional groups attached to an aromatic ring is 1. The summed E-state index contributed by atoms with van der Waals surface area (Å²) >= 11 is 6.13. The third-order valence-electron chi connectivity index (χ3n) is 5.89. The van der Waals surface area contributed by atoms with Crippen LogP contribution in [-0.2, 0) is 18.2 Å². The van der Waals surface area contributed by atoms with E-state index in [0.29, 0.717) is 30.0 Å². The van der Waals surface area contributed by atoms with Gasteiger partial charge in [0.1, 0.15) is 5.82 Å². The van der Waals surface area contributed by atoms with Gasteiger partial charge in [-0.25, -0.2) is 4.98 Å². The molecule has 0 amide bonds. The van der Waals surface area contributed by atoms with Crippen LogP contribution in [0.1, 0.15) is 12.6 Å². The molecule has 2 aromatic carbocycles. The summed E-state index contributed by atoms with van der Waals surface area (Å²) in [5.74, 6) is 1.07. The number of morpholine rings is 1. The second-order valence-electron chi connectivity index (χ2n) is 7.89. The van der Waals surface area contributed by atoms with Crippen molar-refractivity contribution in [2.24, 2.45) is 7.05 Å². The number of hydrogen-bond acceptors (Lipinski definition) is 6. The lowest BCUT2D eigenvalue weighted by Gasteiger charge is -2.28. The van der Waals surface area contributed by atoms with Crippen molar-refractivity contribution in [2.45, 2.75) is 13.3 Å². The molecule has 0 radical (unpaired) electrons. The number of rotatable bonds is 4. The van der Waals surface area contributed by atoms with Crippen LogP contribution in [0, 0.1) is 0 Å². The third-order valence-corrected chi connectivity index (χ3v) is 6.14. The number of aryl methyl sites for hydroxylation is 2. The molecule has 32 heavy (non-hydrogen) atoms. The predicted molar refractivity (Wildman–Crippen MR) is 129 cm³/mol. The lowest BCUT2D eigenvalue weighted by Crippen LogP contribution is -2.37. The average Bonchev–Trinajstić information content (AvgIpc) is 3.15. The standard InChI is InChI=1S/C24H25ClN6O/c1-3-19-18-9-6-16(14-20(18)30(2)29-19)22-21(15-4-7-17(25)8-5-15)23(26)28-24(27-22)31-10-12-32-13-11-31/h4-9,14H,3,10-13H2,1-2H3,(H2,26,27,28). The molecule has 164 valence electrons. The van der Waals surface area contributed by atoms with Crippen molar-refractivity contribution in [3.05, 3.63) is 53.2 Å². The molecular weight excluding hydrogens is 424 g/mol. The smallest absolute Gasteiger partial charge is 0.228 e. The highest BCUT2D eigenvalue weighted by Crippen LogP contribution is 2.37. The van der Waals surface area contributed by atoms with Crippen LogP contribution >= 0.6 is 11.6 Å². The van der Waals surface area contributed by atoms with Crippen LogP contribution in [0.15, 0.2) is 42.5 Å². The van der Waals surface area contributed by atoms with E-state index in [4.69, 9.17) is 27.1 Å². The molecule has 0 aliphatic carbocycles. The highest BCUT2D eigenvalue weighted by molar-refractivity contribution is 6.30. The molecule has 0 unspecified atom stereocenters. The molecule has 0 atom stereocenters. The summed E-state index contributed by atoms with van der Waals surface area (Å²) in [5.41, 5.74) is 12.2. The number of benzene rings is 2. The number of hydrogen-bond donors (Lipinski definition) is 1. The van der Waals surface area contributed by atoms with Crippen LogP contribution < -0.4 is 10.6 Å². The summed E-state index contributed by atoms with van der Waals surface area (Å²) in [4.78, 5) is 11.8. The first-order valence-electron chi connectivity index (χ1n) is 10.8. The maximum Gasteiger partial charge on any atom is 0.228 e. The molecule has 1 aliphatic heterocycles. The second kappa shape index (κ2) is 8.41. The summed E-state index contributed by atoms with van der Waals surface area (Å²) in [6.07, 6.45) is 0.883. The maximum atomic E-state index is 6.54. The first-order chi connectivity index (χ1) is 15.5. The number of aromatic nitrogens is 4. The van der Waals surface area contributed by atoms with Crippen LogP contribution in [0.5, 0.6) is 0 Å². The van der Waals surface area contributed by atoms with E-state index >= 15 is 0 Å². The molecule has 2 aromatic heterocycles. The van der Waals surface area contributed by atoms with E-state index < -0.39 is 0 Å². The largest absolute Gasteiger partial charge is 0.383 e. The average molecular weight is 449 g/mol. The summed E-state index contributed by atoms with van der Waals surface area (Å²) in [5, 5.41) is 6.49. The highest BCUT2D eigenvalue weighted by Gasteiger charge is 2.21. The third kappa shape index (κ3) is 3.67. The van der Waals surface area contributed by atoms with Gasteiger partial charge in [0.05, 0.1) is 35.7 Å². The van der Waals surface area contributed by atoms with Crippen molar-refractivity contribution in [1.29, 1.82) is 0 Å². The first kappa shape index (κ1) is 20.7. The van der Waals surface area contributed by atoms with E-state index in [0.717, 1.165) is 58.5 Å². The molecule has 1 saturated heterocycles. The van der Waals surface area contributed by atoms with Gasteiger partial charge in [-0.15, -0.1) is 0 Å². The molecule has 2 N–H and O–H groups in total. The fourth-order valence-electron chi connectivity index (χ4n) is 4.22. The Labute approximate surface area is 191 Å². The normalized spacial score (nSPS) is 14.3. The Balaban J connectivity index is 1.72. The van der Waals surface area contributed by atoms with E-state index in [1.807, 2.05) is 36.0 Å². The highest BCUT2D eigenvalue weighted by atomic mass is 35.5. The molecule has 5 rings (SSSR count). The van der Waals surface area contributed by atoms with Gasteiger partial charge in [-0.1, -0.05) is 42.8 Å². The molecule has 0 spiro atoms. The topological polar surface area (TPSA) is 82.1 Å². The monoisotopic (exact) mass is 448 g/mol. The molecule has 0 saturated carbocycles. The molecular formula is C24H25ClN6O. The Morgan fingerprint density at radius 3 is 2.47 bits per heavy atom. The number of nitrogens with zero attached hydrogens (tertiary/aromatic N) is 5.